The summed E-state index contributed by atoms with van der Waals surface area (Å²) in [4.78, 5) is 27.5. The molecular formula is C25H24F3N3O3. The Hall–Kier alpha value is -3.88. The second kappa shape index (κ2) is 9.54. The minimum absolute atomic E-state index is 0.0304. The number of pyridine rings is 1. The summed E-state index contributed by atoms with van der Waals surface area (Å²) in [5.74, 6) is 1.03. The number of aldehydes is 1. The molecule has 0 unspecified atom stereocenters. The number of hydrogen-bond acceptors (Lipinski definition) is 4. The van der Waals surface area contributed by atoms with Crippen molar-refractivity contribution in [3.05, 3.63) is 75.6 Å². The molecule has 3 rings (SSSR count). The summed E-state index contributed by atoms with van der Waals surface area (Å²) in [5, 5.41) is 5.22. The summed E-state index contributed by atoms with van der Waals surface area (Å²) in [5.41, 5.74) is 3.06. The molecule has 2 aromatic carbocycles. The maximum Gasteiger partial charge on any atom is 0.416 e. The van der Waals surface area contributed by atoms with Gasteiger partial charge >= 0.3 is 12.2 Å². The summed E-state index contributed by atoms with van der Waals surface area (Å²) < 4.78 is 45.6. The van der Waals surface area contributed by atoms with Gasteiger partial charge in [-0.25, -0.2) is 4.79 Å². The molecule has 2 N–H and O–H groups in total. The third kappa shape index (κ3) is 5.19. The smallest absolute Gasteiger partial charge is 0.416 e. The fourth-order valence-corrected chi connectivity index (χ4v) is 3.57. The van der Waals surface area contributed by atoms with Gasteiger partial charge in [0.05, 0.1) is 5.56 Å². The van der Waals surface area contributed by atoms with E-state index in [-0.39, 0.29) is 16.9 Å². The van der Waals surface area contributed by atoms with Crippen molar-refractivity contribution >= 4 is 23.7 Å². The molecule has 2 amide bonds. The summed E-state index contributed by atoms with van der Waals surface area (Å²) in [6.07, 6.45) is -2.42. The number of urea groups is 1. The van der Waals surface area contributed by atoms with Crippen LogP contribution in [0.4, 0.5) is 29.3 Å². The van der Waals surface area contributed by atoms with E-state index in [0.717, 1.165) is 28.3 Å². The number of benzene rings is 2. The fourth-order valence-electron chi connectivity index (χ4n) is 3.57. The van der Waals surface area contributed by atoms with Gasteiger partial charge in [0.1, 0.15) is 17.2 Å². The molecule has 0 spiro atoms. The first-order valence-corrected chi connectivity index (χ1v) is 10.4. The Balaban J connectivity index is 1.87. The van der Waals surface area contributed by atoms with E-state index in [4.69, 9.17) is 4.74 Å². The predicted octanol–water partition coefficient (Wildman–Crippen LogP) is 6.89. The van der Waals surface area contributed by atoms with Crippen molar-refractivity contribution in [2.24, 2.45) is 0 Å². The van der Waals surface area contributed by atoms with Gasteiger partial charge in [-0.2, -0.15) is 13.2 Å². The van der Waals surface area contributed by atoms with Crippen molar-refractivity contribution in [2.75, 3.05) is 10.6 Å². The number of aromatic nitrogens is 1. The Morgan fingerprint density at radius 2 is 1.59 bits per heavy atom. The Bertz CT molecular complexity index is 1240. The Morgan fingerprint density at radius 1 is 0.941 bits per heavy atom. The average molecular weight is 471 g/mol. The molecule has 3 aromatic rings. The highest BCUT2D eigenvalue weighted by Gasteiger charge is 2.32. The van der Waals surface area contributed by atoms with Crippen molar-refractivity contribution in [3.8, 4) is 11.5 Å². The monoisotopic (exact) mass is 471 g/mol. The minimum atomic E-state index is -4.52. The first-order chi connectivity index (χ1) is 15.9. The number of halogens is 3. The molecule has 0 saturated carbocycles. The lowest BCUT2D eigenvalue weighted by molar-refractivity contribution is -0.138. The number of ether oxygens (including phenoxy) is 1. The molecule has 0 saturated heterocycles. The van der Waals surface area contributed by atoms with Gasteiger partial charge in [0.15, 0.2) is 6.29 Å². The number of amides is 2. The molecule has 178 valence electrons. The van der Waals surface area contributed by atoms with E-state index < -0.39 is 17.8 Å². The molecule has 0 aliphatic carbocycles. The van der Waals surface area contributed by atoms with Crippen LogP contribution >= 0.6 is 0 Å². The molecule has 0 atom stereocenters. The quantitative estimate of drug-likeness (QED) is 0.397. The van der Waals surface area contributed by atoms with Gasteiger partial charge in [0.2, 0.25) is 0 Å². The van der Waals surface area contributed by atoms with Crippen LogP contribution in [0.2, 0.25) is 0 Å². The Kier molecular flexibility index (Phi) is 6.95. The lowest BCUT2D eigenvalue weighted by atomic mass is 9.97. The van der Waals surface area contributed by atoms with Crippen LogP contribution in [-0.2, 0) is 6.18 Å². The Labute approximate surface area is 195 Å². The van der Waals surface area contributed by atoms with Gasteiger partial charge in [-0.3, -0.25) is 9.78 Å². The van der Waals surface area contributed by atoms with Gasteiger partial charge in [-0.1, -0.05) is 6.07 Å². The number of alkyl halides is 3. The lowest BCUT2D eigenvalue weighted by Gasteiger charge is -2.21. The second-order valence-electron chi connectivity index (χ2n) is 7.95. The molecule has 1 heterocycles. The molecular weight excluding hydrogens is 447 g/mol. The van der Waals surface area contributed by atoms with Gasteiger partial charge in [-0.15, -0.1) is 0 Å². The van der Waals surface area contributed by atoms with Crippen LogP contribution in [0.25, 0.3) is 0 Å². The van der Waals surface area contributed by atoms with Crippen LogP contribution in [0.3, 0.4) is 0 Å². The number of hydrogen-bond donors (Lipinski definition) is 2. The SMILES string of the molecule is Cc1ccc(NC(=O)Nc2c(C)c(C)c(Oc3ccnc(C=O)c3)c(C)c2C)cc1C(F)(F)F. The maximum absolute atomic E-state index is 13.2. The van der Waals surface area contributed by atoms with Crippen molar-refractivity contribution in [3.63, 3.8) is 0 Å². The highest BCUT2D eigenvalue weighted by atomic mass is 19.4. The number of aryl methyl sites for hydroxylation is 1. The van der Waals surface area contributed by atoms with E-state index in [1.165, 1.54) is 31.3 Å². The van der Waals surface area contributed by atoms with Gasteiger partial charge < -0.3 is 15.4 Å². The normalized spacial score (nSPS) is 11.2. The highest BCUT2D eigenvalue weighted by molar-refractivity contribution is 6.01. The van der Waals surface area contributed by atoms with Gasteiger partial charge in [0, 0.05) is 23.6 Å². The van der Waals surface area contributed by atoms with Crippen LogP contribution < -0.4 is 15.4 Å². The summed E-state index contributed by atoms with van der Waals surface area (Å²) >= 11 is 0. The standard InChI is InChI=1S/C25H24F3N3O3/c1-13-6-7-18(11-21(13)25(26,27)28)30-24(33)31-22-14(2)16(4)23(17(5)15(22)3)34-20-8-9-29-19(10-20)12-32/h6-12H,1-5H3,(H2,30,31,33). The predicted molar refractivity (Wildman–Crippen MR) is 124 cm³/mol. The number of nitrogens with one attached hydrogen (secondary N) is 2. The minimum Gasteiger partial charge on any atom is -0.457 e. The third-order valence-corrected chi connectivity index (χ3v) is 5.69. The first-order valence-electron chi connectivity index (χ1n) is 10.4. The third-order valence-electron chi connectivity index (χ3n) is 5.69. The lowest BCUT2D eigenvalue weighted by Crippen LogP contribution is -2.22. The Morgan fingerprint density at radius 3 is 2.18 bits per heavy atom. The fraction of sp³-hybridized carbons (Fsp3) is 0.240. The van der Waals surface area contributed by atoms with Crippen molar-refractivity contribution < 1.29 is 27.5 Å². The van der Waals surface area contributed by atoms with Crippen LogP contribution in [0.5, 0.6) is 11.5 Å². The molecule has 0 radical (unpaired) electrons. The molecule has 34 heavy (non-hydrogen) atoms. The first kappa shape index (κ1) is 24.8. The number of carbonyl (C=O) groups excluding carboxylic acids is 2. The number of nitrogens with zero attached hydrogens (tertiary/aromatic N) is 1. The molecule has 0 aliphatic rings. The van der Waals surface area contributed by atoms with E-state index in [2.05, 4.69) is 15.6 Å². The second-order valence-corrected chi connectivity index (χ2v) is 7.95. The summed E-state index contributed by atoms with van der Waals surface area (Å²) in [6.45, 7) is 8.64. The largest absolute Gasteiger partial charge is 0.457 e. The van der Waals surface area contributed by atoms with Crippen molar-refractivity contribution in [1.82, 2.24) is 4.98 Å². The topological polar surface area (TPSA) is 80.3 Å². The zero-order valence-electron chi connectivity index (χ0n) is 19.3. The zero-order chi connectivity index (χ0) is 25.2. The van der Waals surface area contributed by atoms with E-state index in [1.54, 1.807) is 19.9 Å². The summed E-state index contributed by atoms with van der Waals surface area (Å²) in [6, 6.07) is 6.12. The molecule has 6 nitrogen and oxygen atoms in total. The molecule has 9 heteroatoms. The van der Waals surface area contributed by atoms with E-state index >= 15 is 0 Å². The number of anilines is 2. The zero-order valence-corrected chi connectivity index (χ0v) is 19.3. The van der Waals surface area contributed by atoms with Gasteiger partial charge in [0.25, 0.3) is 0 Å². The van der Waals surface area contributed by atoms with Crippen LogP contribution in [-0.4, -0.2) is 17.3 Å². The van der Waals surface area contributed by atoms with Crippen molar-refractivity contribution in [2.45, 2.75) is 40.8 Å². The number of rotatable bonds is 5. The van der Waals surface area contributed by atoms with E-state index in [1.807, 2.05) is 13.8 Å². The van der Waals surface area contributed by atoms with Crippen molar-refractivity contribution in [1.29, 1.82) is 0 Å². The van der Waals surface area contributed by atoms with E-state index in [9.17, 15) is 22.8 Å². The molecule has 1 aromatic heterocycles. The summed E-state index contributed by atoms with van der Waals surface area (Å²) in [7, 11) is 0. The molecule has 0 aliphatic heterocycles. The average Bonchev–Trinajstić information content (AvgIpc) is 2.79. The molecule has 0 fully saturated rings. The van der Waals surface area contributed by atoms with Crippen LogP contribution in [0.1, 0.15) is 43.9 Å². The molecule has 0 bridgehead atoms. The van der Waals surface area contributed by atoms with Gasteiger partial charge in [-0.05, 0) is 80.6 Å². The van der Waals surface area contributed by atoms with Crippen LogP contribution in [0, 0.1) is 34.6 Å². The van der Waals surface area contributed by atoms with E-state index in [0.29, 0.717) is 23.5 Å². The maximum atomic E-state index is 13.2. The number of carbonyl (C=O) groups is 2. The highest BCUT2D eigenvalue weighted by Crippen LogP contribution is 2.38. The van der Waals surface area contributed by atoms with Crippen LogP contribution in [0.15, 0.2) is 36.5 Å².